The fourth-order valence-corrected chi connectivity index (χ4v) is 3.21. The monoisotopic (exact) mass is 314 g/mol. The van der Waals surface area contributed by atoms with Crippen LogP contribution in [0.15, 0.2) is 29.2 Å². The number of benzene rings is 1. The van der Waals surface area contributed by atoms with E-state index in [9.17, 15) is 4.79 Å². The summed E-state index contributed by atoms with van der Waals surface area (Å²) in [5.41, 5.74) is 0.791. The molecule has 0 radical (unpaired) electrons. The van der Waals surface area contributed by atoms with Crippen molar-refractivity contribution in [1.82, 2.24) is 10.6 Å². The molecule has 0 aromatic heterocycles. The van der Waals surface area contributed by atoms with Crippen molar-refractivity contribution in [3.8, 4) is 0 Å². The van der Waals surface area contributed by atoms with Gasteiger partial charge >= 0.3 is 0 Å². The summed E-state index contributed by atoms with van der Waals surface area (Å²) in [6.07, 6.45) is 2.36. The van der Waals surface area contributed by atoms with Gasteiger partial charge < -0.3 is 10.6 Å². The summed E-state index contributed by atoms with van der Waals surface area (Å²) >= 11 is 1.74. The molecule has 1 aromatic rings. The van der Waals surface area contributed by atoms with E-state index in [-0.39, 0.29) is 18.3 Å². The molecular formula is C15H23ClN2OS. The Balaban J connectivity index is 0.00000200. The molecule has 0 spiro atoms. The van der Waals surface area contributed by atoms with Crippen LogP contribution in [0.5, 0.6) is 0 Å². The average Bonchev–Trinajstić information content (AvgIpc) is 2.89. The fourth-order valence-electron chi connectivity index (χ4n) is 2.25. The van der Waals surface area contributed by atoms with Crippen molar-refractivity contribution in [1.29, 1.82) is 0 Å². The molecule has 1 heterocycles. The molecule has 1 atom stereocenters. The number of thioether (sulfide) groups is 1. The number of hydrogen-bond donors (Lipinski definition) is 2. The molecule has 1 aliphatic heterocycles. The third-order valence-corrected chi connectivity index (χ3v) is 4.25. The summed E-state index contributed by atoms with van der Waals surface area (Å²) in [7, 11) is 0. The van der Waals surface area contributed by atoms with Crippen molar-refractivity contribution in [3.63, 3.8) is 0 Å². The minimum absolute atomic E-state index is 0. The van der Waals surface area contributed by atoms with E-state index >= 15 is 0 Å². The van der Waals surface area contributed by atoms with Gasteiger partial charge in [-0.1, -0.05) is 26.0 Å². The Hall–Kier alpha value is -0.710. The highest BCUT2D eigenvalue weighted by atomic mass is 35.5. The molecular weight excluding hydrogens is 292 g/mol. The molecule has 0 bridgehead atoms. The predicted octanol–water partition coefficient (Wildman–Crippen LogP) is 3.09. The summed E-state index contributed by atoms with van der Waals surface area (Å²) in [5, 5.41) is 6.91. The van der Waals surface area contributed by atoms with Crippen molar-refractivity contribution in [3.05, 3.63) is 29.8 Å². The third-order valence-electron chi connectivity index (χ3n) is 3.17. The Bertz CT molecular complexity index is 434. The Morgan fingerprint density at radius 1 is 1.45 bits per heavy atom. The molecule has 2 rings (SSSR count). The summed E-state index contributed by atoms with van der Waals surface area (Å²) in [4.78, 5) is 13.3. The van der Waals surface area contributed by atoms with Crippen LogP contribution in [0, 0.1) is 0 Å². The first kappa shape index (κ1) is 17.3. The zero-order valence-corrected chi connectivity index (χ0v) is 13.7. The number of halogens is 1. The Morgan fingerprint density at radius 3 is 2.85 bits per heavy atom. The number of nitrogens with one attached hydrogen (secondary N) is 2. The molecule has 1 amide bonds. The second kappa shape index (κ2) is 8.55. The van der Waals surface area contributed by atoms with Crippen LogP contribution >= 0.6 is 24.2 Å². The molecule has 1 aromatic carbocycles. The number of rotatable bonds is 5. The van der Waals surface area contributed by atoms with Crippen LogP contribution in [0.3, 0.4) is 0 Å². The van der Waals surface area contributed by atoms with Crippen LogP contribution < -0.4 is 10.6 Å². The molecule has 1 unspecified atom stereocenters. The van der Waals surface area contributed by atoms with E-state index in [1.165, 1.54) is 6.42 Å². The van der Waals surface area contributed by atoms with Crippen LogP contribution in [-0.4, -0.2) is 30.3 Å². The summed E-state index contributed by atoms with van der Waals surface area (Å²) < 4.78 is 0. The first-order chi connectivity index (χ1) is 9.16. The molecule has 2 N–H and O–H groups in total. The number of amides is 1. The van der Waals surface area contributed by atoms with Crippen molar-refractivity contribution in [2.45, 2.75) is 42.9 Å². The minimum Gasteiger partial charge on any atom is -0.350 e. The molecule has 1 fully saturated rings. The highest BCUT2D eigenvalue weighted by Crippen LogP contribution is 2.26. The zero-order chi connectivity index (χ0) is 13.7. The summed E-state index contributed by atoms with van der Waals surface area (Å²) in [6.45, 7) is 6.07. The maximum absolute atomic E-state index is 12.3. The summed E-state index contributed by atoms with van der Waals surface area (Å²) in [5.74, 6) is 0.0393. The SMILES string of the molecule is CC(C)Sc1ccccc1C(=O)NCC1CCCN1.Cl. The average molecular weight is 315 g/mol. The van der Waals surface area contributed by atoms with Crippen LogP contribution in [0.1, 0.15) is 37.0 Å². The minimum atomic E-state index is 0. The molecule has 112 valence electrons. The quantitative estimate of drug-likeness (QED) is 0.821. The molecule has 5 heteroatoms. The van der Waals surface area contributed by atoms with Gasteiger partial charge in [-0.05, 0) is 31.5 Å². The van der Waals surface area contributed by atoms with Gasteiger partial charge in [0.05, 0.1) is 5.56 Å². The van der Waals surface area contributed by atoms with E-state index in [4.69, 9.17) is 0 Å². The topological polar surface area (TPSA) is 41.1 Å². The highest BCUT2D eigenvalue weighted by Gasteiger charge is 2.17. The largest absolute Gasteiger partial charge is 0.350 e. The van der Waals surface area contributed by atoms with Gasteiger partial charge in [-0.3, -0.25) is 4.79 Å². The Morgan fingerprint density at radius 2 is 2.20 bits per heavy atom. The lowest BCUT2D eigenvalue weighted by atomic mass is 10.2. The van der Waals surface area contributed by atoms with Gasteiger partial charge in [-0.15, -0.1) is 24.2 Å². The smallest absolute Gasteiger partial charge is 0.252 e. The second-order valence-electron chi connectivity index (χ2n) is 5.17. The van der Waals surface area contributed by atoms with Crippen molar-refractivity contribution >= 4 is 30.1 Å². The van der Waals surface area contributed by atoms with E-state index in [2.05, 4.69) is 24.5 Å². The molecule has 1 aliphatic rings. The van der Waals surface area contributed by atoms with Crippen molar-refractivity contribution in [2.24, 2.45) is 0 Å². The standard InChI is InChI=1S/C15H22N2OS.ClH/c1-11(2)19-14-8-4-3-7-13(14)15(18)17-10-12-6-5-9-16-12;/h3-4,7-8,11-12,16H,5-6,9-10H2,1-2H3,(H,17,18);1H. The van der Waals surface area contributed by atoms with Crippen molar-refractivity contribution < 1.29 is 4.79 Å². The van der Waals surface area contributed by atoms with Gasteiger partial charge in [0.1, 0.15) is 0 Å². The second-order valence-corrected chi connectivity index (χ2v) is 6.78. The predicted molar refractivity (Wildman–Crippen MR) is 88.0 cm³/mol. The first-order valence-electron chi connectivity index (χ1n) is 6.94. The normalized spacial score (nSPS) is 17.9. The fraction of sp³-hybridized carbons (Fsp3) is 0.533. The van der Waals surface area contributed by atoms with E-state index in [0.717, 1.165) is 30.0 Å². The third kappa shape index (κ3) is 5.00. The van der Waals surface area contributed by atoms with Crippen LogP contribution in [0.4, 0.5) is 0 Å². The van der Waals surface area contributed by atoms with E-state index in [1.807, 2.05) is 24.3 Å². The van der Waals surface area contributed by atoms with Crippen molar-refractivity contribution in [2.75, 3.05) is 13.1 Å². The lowest BCUT2D eigenvalue weighted by molar-refractivity contribution is 0.0947. The van der Waals surface area contributed by atoms with Gasteiger partial charge in [0, 0.05) is 22.7 Å². The molecule has 20 heavy (non-hydrogen) atoms. The highest BCUT2D eigenvalue weighted by molar-refractivity contribution is 8.00. The van der Waals surface area contributed by atoms with Gasteiger partial charge in [0.15, 0.2) is 0 Å². The lowest BCUT2D eigenvalue weighted by Gasteiger charge is -2.14. The van der Waals surface area contributed by atoms with E-state index in [0.29, 0.717) is 11.3 Å². The number of hydrogen-bond acceptors (Lipinski definition) is 3. The zero-order valence-electron chi connectivity index (χ0n) is 12.0. The summed E-state index contributed by atoms with van der Waals surface area (Å²) in [6, 6.07) is 8.27. The molecule has 3 nitrogen and oxygen atoms in total. The maximum Gasteiger partial charge on any atom is 0.252 e. The Kier molecular flexibility index (Phi) is 7.41. The first-order valence-corrected chi connectivity index (χ1v) is 7.82. The van der Waals surface area contributed by atoms with Gasteiger partial charge in [-0.25, -0.2) is 0 Å². The van der Waals surface area contributed by atoms with Gasteiger partial charge in [0.2, 0.25) is 0 Å². The van der Waals surface area contributed by atoms with Gasteiger partial charge in [0.25, 0.3) is 5.91 Å². The van der Waals surface area contributed by atoms with E-state index < -0.39 is 0 Å². The number of carbonyl (C=O) groups is 1. The van der Waals surface area contributed by atoms with Crippen LogP contribution in [0.25, 0.3) is 0 Å². The molecule has 1 saturated heterocycles. The van der Waals surface area contributed by atoms with Crippen LogP contribution in [0.2, 0.25) is 0 Å². The maximum atomic E-state index is 12.3. The Labute approximate surface area is 131 Å². The molecule has 0 aliphatic carbocycles. The van der Waals surface area contributed by atoms with Gasteiger partial charge in [-0.2, -0.15) is 0 Å². The molecule has 0 saturated carbocycles. The number of carbonyl (C=O) groups excluding carboxylic acids is 1. The van der Waals surface area contributed by atoms with Crippen LogP contribution in [-0.2, 0) is 0 Å². The lowest BCUT2D eigenvalue weighted by Crippen LogP contribution is -2.37. The van der Waals surface area contributed by atoms with E-state index in [1.54, 1.807) is 11.8 Å².